The fourth-order valence-corrected chi connectivity index (χ4v) is 3.19. The van der Waals surface area contributed by atoms with E-state index in [0.29, 0.717) is 17.0 Å². The highest BCUT2D eigenvalue weighted by atomic mass is 16.5. The fraction of sp³-hybridized carbons (Fsp3) is 0.250. The number of ether oxygens (including phenoxy) is 1. The second kappa shape index (κ2) is 8.78. The van der Waals surface area contributed by atoms with Gasteiger partial charge >= 0.3 is 5.97 Å². The highest BCUT2D eigenvalue weighted by Gasteiger charge is 2.23. The number of nitrogens with one attached hydrogen (secondary N) is 1. The van der Waals surface area contributed by atoms with Gasteiger partial charge < -0.3 is 15.2 Å². The average molecular weight is 391 g/mol. The number of para-hydroxylation sites is 1. The predicted octanol–water partition coefficient (Wildman–Crippen LogP) is 5.24. The summed E-state index contributed by atoms with van der Waals surface area (Å²) in [5.41, 5.74) is 1.78. The van der Waals surface area contributed by atoms with Gasteiger partial charge in [0.25, 0.3) is 5.91 Å². The minimum Gasteiger partial charge on any atom is -0.506 e. The van der Waals surface area contributed by atoms with Gasteiger partial charge in [-0.05, 0) is 42.3 Å². The Labute approximate surface area is 170 Å². The van der Waals surface area contributed by atoms with E-state index in [4.69, 9.17) is 4.74 Å². The number of benzene rings is 3. The number of anilines is 1. The van der Waals surface area contributed by atoms with E-state index in [1.54, 1.807) is 18.2 Å². The number of hydrogen-bond acceptors (Lipinski definition) is 4. The Morgan fingerprint density at radius 3 is 2.45 bits per heavy atom. The van der Waals surface area contributed by atoms with Crippen LogP contribution in [0, 0.1) is 0 Å². The third-order valence-electron chi connectivity index (χ3n) is 5.14. The molecule has 0 aromatic heterocycles. The van der Waals surface area contributed by atoms with Crippen molar-refractivity contribution in [3.8, 4) is 5.75 Å². The number of fused-ring (bicyclic) bond motifs is 1. The van der Waals surface area contributed by atoms with E-state index >= 15 is 0 Å². The highest BCUT2D eigenvalue weighted by molar-refractivity contribution is 6.03. The summed E-state index contributed by atoms with van der Waals surface area (Å²) in [7, 11) is 0. The van der Waals surface area contributed by atoms with Crippen molar-refractivity contribution in [1.29, 1.82) is 0 Å². The number of phenols is 1. The Hall–Kier alpha value is -3.34. The van der Waals surface area contributed by atoms with E-state index in [-0.39, 0.29) is 11.3 Å². The second-order valence-corrected chi connectivity index (χ2v) is 7.12. The molecule has 29 heavy (non-hydrogen) atoms. The third-order valence-corrected chi connectivity index (χ3v) is 5.14. The molecular formula is C24H25NO4. The van der Waals surface area contributed by atoms with Crippen LogP contribution in [0.3, 0.4) is 0 Å². The molecule has 0 bridgehead atoms. The molecule has 5 nitrogen and oxygen atoms in total. The number of aromatic hydroxyl groups is 1. The molecule has 0 saturated heterocycles. The first-order valence-corrected chi connectivity index (χ1v) is 9.73. The van der Waals surface area contributed by atoms with Crippen LogP contribution in [0.1, 0.15) is 49.0 Å². The maximum absolute atomic E-state index is 12.6. The number of esters is 1. The fourth-order valence-electron chi connectivity index (χ4n) is 3.19. The van der Waals surface area contributed by atoms with Gasteiger partial charge in [0, 0.05) is 11.1 Å². The summed E-state index contributed by atoms with van der Waals surface area (Å²) in [5, 5.41) is 14.6. The molecule has 3 aromatic rings. The molecule has 1 amide bonds. The molecule has 0 heterocycles. The summed E-state index contributed by atoms with van der Waals surface area (Å²) in [6.07, 6.45) is -0.0723. The van der Waals surface area contributed by atoms with Gasteiger partial charge in [-0.1, -0.05) is 62.4 Å². The van der Waals surface area contributed by atoms with E-state index < -0.39 is 18.0 Å². The summed E-state index contributed by atoms with van der Waals surface area (Å²) < 4.78 is 5.32. The van der Waals surface area contributed by atoms with E-state index in [2.05, 4.69) is 19.2 Å². The molecule has 0 radical (unpaired) electrons. The number of carbonyl (C=O) groups is 2. The van der Waals surface area contributed by atoms with Gasteiger partial charge in [0.05, 0.1) is 0 Å². The van der Waals surface area contributed by atoms with Gasteiger partial charge in [-0.3, -0.25) is 4.79 Å². The van der Waals surface area contributed by atoms with Crippen LogP contribution >= 0.6 is 0 Å². The van der Waals surface area contributed by atoms with Crippen LogP contribution < -0.4 is 5.32 Å². The minimum absolute atomic E-state index is 0.0309. The predicted molar refractivity (Wildman–Crippen MR) is 114 cm³/mol. The third kappa shape index (κ3) is 4.40. The lowest BCUT2D eigenvalue weighted by Crippen LogP contribution is -2.30. The summed E-state index contributed by atoms with van der Waals surface area (Å²) in [4.78, 5) is 25.1. The first kappa shape index (κ1) is 20.4. The van der Waals surface area contributed by atoms with Crippen molar-refractivity contribution in [3.63, 3.8) is 0 Å². The van der Waals surface area contributed by atoms with E-state index in [0.717, 1.165) is 17.4 Å². The van der Waals surface area contributed by atoms with Gasteiger partial charge in [0.15, 0.2) is 6.10 Å². The Morgan fingerprint density at radius 2 is 1.69 bits per heavy atom. The zero-order valence-electron chi connectivity index (χ0n) is 16.8. The summed E-state index contributed by atoms with van der Waals surface area (Å²) in [6, 6.07) is 18.0. The van der Waals surface area contributed by atoms with Crippen LogP contribution in [0.2, 0.25) is 0 Å². The molecule has 5 heteroatoms. The number of carbonyl (C=O) groups excluding carboxylic acids is 2. The van der Waals surface area contributed by atoms with Crippen molar-refractivity contribution < 1.29 is 19.4 Å². The number of hydrogen-bond donors (Lipinski definition) is 2. The monoisotopic (exact) mass is 391 g/mol. The molecule has 0 aliphatic carbocycles. The molecule has 0 aliphatic rings. The molecule has 0 unspecified atom stereocenters. The van der Waals surface area contributed by atoms with E-state index in [1.165, 1.54) is 13.0 Å². The number of rotatable bonds is 6. The Bertz CT molecular complexity index is 1040. The molecule has 150 valence electrons. The van der Waals surface area contributed by atoms with Crippen molar-refractivity contribution >= 4 is 28.3 Å². The largest absolute Gasteiger partial charge is 0.506 e. The van der Waals surface area contributed by atoms with Crippen molar-refractivity contribution in [3.05, 3.63) is 71.8 Å². The van der Waals surface area contributed by atoms with E-state index in [1.807, 2.05) is 36.4 Å². The summed E-state index contributed by atoms with van der Waals surface area (Å²) in [6.45, 7) is 5.69. The molecule has 0 saturated carbocycles. The van der Waals surface area contributed by atoms with Crippen molar-refractivity contribution in [2.75, 3.05) is 5.32 Å². The standard InChI is InChI=1S/C24H25NO4/c1-4-15(2)18-10-7-8-12-21(18)25-23(27)16(3)29-24(28)20-14-13-17-9-5-6-11-19(17)22(20)26/h5-16,26H,4H2,1-3H3,(H,25,27)/t15-,16+/m0/s1. The van der Waals surface area contributed by atoms with E-state index in [9.17, 15) is 14.7 Å². The van der Waals surface area contributed by atoms with Gasteiger partial charge in [-0.2, -0.15) is 0 Å². The SMILES string of the molecule is CC[C@H](C)c1ccccc1NC(=O)[C@@H](C)OC(=O)c1ccc2ccccc2c1O. The molecule has 3 aromatic carbocycles. The van der Waals surface area contributed by atoms with Crippen LogP contribution in [0.5, 0.6) is 5.75 Å². The van der Waals surface area contributed by atoms with Crippen LogP contribution in [-0.4, -0.2) is 23.1 Å². The smallest absolute Gasteiger partial charge is 0.342 e. The quantitative estimate of drug-likeness (QED) is 0.563. The summed E-state index contributed by atoms with van der Waals surface area (Å²) >= 11 is 0. The normalized spacial score (nSPS) is 12.9. The lowest BCUT2D eigenvalue weighted by atomic mass is 9.97. The summed E-state index contributed by atoms with van der Waals surface area (Å²) in [5.74, 6) is -1.03. The highest BCUT2D eigenvalue weighted by Crippen LogP contribution is 2.30. The zero-order valence-corrected chi connectivity index (χ0v) is 16.8. The topological polar surface area (TPSA) is 75.6 Å². The van der Waals surface area contributed by atoms with Crippen LogP contribution in [0.4, 0.5) is 5.69 Å². The molecule has 2 atom stereocenters. The van der Waals surface area contributed by atoms with Crippen LogP contribution in [-0.2, 0) is 9.53 Å². The van der Waals surface area contributed by atoms with Gasteiger partial charge in [-0.25, -0.2) is 4.79 Å². The second-order valence-electron chi connectivity index (χ2n) is 7.12. The zero-order chi connectivity index (χ0) is 21.0. The average Bonchev–Trinajstić information content (AvgIpc) is 2.73. The Morgan fingerprint density at radius 1 is 1.00 bits per heavy atom. The molecular weight excluding hydrogens is 366 g/mol. The molecule has 2 N–H and O–H groups in total. The molecule has 3 rings (SSSR count). The number of phenolic OH excluding ortho intramolecular Hbond substituents is 1. The minimum atomic E-state index is -1.02. The number of amides is 1. The van der Waals surface area contributed by atoms with Gasteiger partial charge in [0.1, 0.15) is 11.3 Å². The lowest BCUT2D eigenvalue weighted by molar-refractivity contribution is -0.123. The Balaban J connectivity index is 1.74. The first-order valence-electron chi connectivity index (χ1n) is 9.73. The van der Waals surface area contributed by atoms with Crippen LogP contribution in [0.25, 0.3) is 10.8 Å². The molecule has 0 aliphatic heterocycles. The molecule has 0 spiro atoms. The first-order chi connectivity index (χ1) is 13.9. The van der Waals surface area contributed by atoms with Crippen LogP contribution in [0.15, 0.2) is 60.7 Å². The molecule has 0 fully saturated rings. The maximum atomic E-state index is 12.6. The van der Waals surface area contributed by atoms with Crippen molar-refractivity contribution in [1.82, 2.24) is 0 Å². The van der Waals surface area contributed by atoms with Gasteiger partial charge in [0.2, 0.25) is 0 Å². The maximum Gasteiger partial charge on any atom is 0.342 e. The lowest BCUT2D eigenvalue weighted by Gasteiger charge is -2.18. The van der Waals surface area contributed by atoms with Crippen molar-refractivity contribution in [2.24, 2.45) is 0 Å². The Kier molecular flexibility index (Phi) is 6.17. The van der Waals surface area contributed by atoms with Gasteiger partial charge in [-0.15, -0.1) is 0 Å². The van der Waals surface area contributed by atoms with Crippen molar-refractivity contribution in [2.45, 2.75) is 39.2 Å².